The molecule has 1 aromatic heterocycles. The third-order valence-electron chi connectivity index (χ3n) is 2.45. The zero-order chi connectivity index (χ0) is 14.8. The van der Waals surface area contributed by atoms with E-state index in [0.29, 0.717) is 4.88 Å². The molecule has 0 spiro atoms. The van der Waals surface area contributed by atoms with Gasteiger partial charge in [-0.15, -0.1) is 11.3 Å². The standard InChI is InChI=1S/C10H16BrN3O3S2/c1-6(2)14(5-10(12)13-15)19(16,17)8-4-9(11)18-7(8)3/h4,6,15H,5H2,1-3H3,(H2,12,13). The Balaban J connectivity index is 3.25. The minimum Gasteiger partial charge on any atom is -0.409 e. The van der Waals surface area contributed by atoms with E-state index in [2.05, 4.69) is 21.1 Å². The average Bonchev–Trinajstić information content (AvgIpc) is 2.65. The normalized spacial score (nSPS) is 13.5. The molecule has 108 valence electrons. The third kappa shape index (κ3) is 3.68. The van der Waals surface area contributed by atoms with Crippen LogP contribution in [0.5, 0.6) is 0 Å². The summed E-state index contributed by atoms with van der Waals surface area (Å²) in [4.78, 5) is 0.931. The summed E-state index contributed by atoms with van der Waals surface area (Å²) in [7, 11) is -3.67. The number of aryl methyl sites for hydroxylation is 1. The van der Waals surface area contributed by atoms with Gasteiger partial charge in [0, 0.05) is 10.9 Å². The number of halogens is 1. The smallest absolute Gasteiger partial charge is 0.244 e. The van der Waals surface area contributed by atoms with Gasteiger partial charge < -0.3 is 10.9 Å². The Kier molecular flexibility index (Phi) is 5.36. The summed E-state index contributed by atoms with van der Waals surface area (Å²) in [6.45, 7) is 5.06. The number of sulfonamides is 1. The van der Waals surface area contributed by atoms with E-state index >= 15 is 0 Å². The van der Waals surface area contributed by atoms with Crippen LogP contribution in [0.3, 0.4) is 0 Å². The second-order valence-corrected chi connectivity index (χ2v) is 8.70. The van der Waals surface area contributed by atoms with Crippen molar-refractivity contribution < 1.29 is 13.6 Å². The lowest BCUT2D eigenvalue weighted by atomic mass is 10.4. The molecule has 0 fully saturated rings. The zero-order valence-electron chi connectivity index (χ0n) is 10.8. The van der Waals surface area contributed by atoms with Crippen LogP contribution in [-0.2, 0) is 10.0 Å². The molecule has 0 saturated carbocycles. The highest BCUT2D eigenvalue weighted by Gasteiger charge is 2.30. The SMILES string of the molecule is Cc1sc(Br)cc1S(=O)(=O)N(CC(N)=NO)C(C)C. The minimum atomic E-state index is -3.67. The van der Waals surface area contributed by atoms with E-state index < -0.39 is 10.0 Å². The molecule has 0 radical (unpaired) electrons. The summed E-state index contributed by atoms with van der Waals surface area (Å²) < 4.78 is 27.1. The maximum absolute atomic E-state index is 12.6. The van der Waals surface area contributed by atoms with Gasteiger partial charge in [-0.3, -0.25) is 0 Å². The van der Waals surface area contributed by atoms with Crippen LogP contribution in [0.4, 0.5) is 0 Å². The molecule has 19 heavy (non-hydrogen) atoms. The van der Waals surface area contributed by atoms with Gasteiger partial charge in [0.2, 0.25) is 10.0 Å². The maximum Gasteiger partial charge on any atom is 0.244 e. The molecule has 0 aliphatic rings. The number of hydrogen-bond acceptors (Lipinski definition) is 5. The average molecular weight is 370 g/mol. The van der Waals surface area contributed by atoms with Crippen LogP contribution in [0.25, 0.3) is 0 Å². The predicted molar refractivity (Wildman–Crippen MR) is 79.2 cm³/mol. The van der Waals surface area contributed by atoms with Crippen LogP contribution in [0.15, 0.2) is 19.9 Å². The molecular weight excluding hydrogens is 354 g/mol. The van der Waals surface area contributed by atoms with E-state index in [0.717, 1.165) is 3.79 Å². The first kappa shape index (κ1) is 16.4. The maximum atomic E-state index is 12.6. The highest BCUT2D eigenvalue weighted by Crippen LogP contribution is 2.32. The molecule has 0 amide bonds. The predicted octanol–water partition coefficient (Wildman–Crippen LogP) is 1.96. The minimum absolute atomic E-state index is 0.149. The van der Waals surface area contributed by atoms with Gasteiger partial charge in [0.25, 0.3) is 0 Å². The van der Waals surface area contributed by atoms with E-state index in [1.165, 1.54) is 15.6 Å². The number of thiophene rings is 1. The lowest BCUT2D eigenvalue weighted by molar-refractivity contribution is 0.312. The van der Waals surface area contributed by atoms with Crippen molar-refractivity contribution in [1.29, 1.82) is 0 Å². The van der Waals surface area contributed by atoms with Gasteiger partial charge in [-0.2, -0.15) is 4.31 Å². The van der Waals surface area contributed by atoms with Crippen LogP contribution in [0.2, 0.25) is 0 Å². The molecule has 0 aromatic carbocycles. The number of nitrogens with zero attached hydrogens (tertiary/aromatic N) is 2. The second-order valence-electron chi connectivity index (χ2n) is 4.21. The molecule has 3 N–H and O–H groups in total. The van der Waals surface area contributed by atoms with Crippen molar-refractivity contribution in [3.05, 3.63) is 14.7 Å². The fourth-order valence-corrected chi connectivity index (χ4v) is 5.54. The largest absolute Gasteiger partial charge is 0.409 e. The summed E-state index contributed by atoms with van der Waals surface area (Å²) in [6.07, 6.45) is 0. The highest BCUT2D eigenvalue weighted by molar-refractivity contribution is 9.11. The Labute approximate surface area is 125 Å². The molecule has 0 atom stereocenters. The van der Waals surface area contributed by atoms with E-state index in [-0.39, 0.29) is 23.3 Å². The Morgan fingerprint density at radius 1 is 1.63 bits per heavy atom. The van der Waals surface area contributed by atoms with Gasteiger partial charge in [-0.05, 0) is 42.8 Å². The Morgan fingerprint density at radius 3 is 2.58 bits per heavy atom. The van der Waals surface area contributed by atoms with Gasteiger partial charge in [0.15, 0.2) is 5.84 Å². The summed E-state index contributed by atoms with van der Waals surface area (Å²) in [5.41, 5.74) is 5.42. The van der Waals surface area contributed by atoms with Gasteiger partial charge in [-0.1, -0.05) is 5.16 Å². The topological polar surface area (TPSA) is 96.0 Å². The quantitative estimate of drug-likeness (QED) is 0.358. The fraction of sp³-hybridized carbons (Fsp3) is 0.500. The van der Waals surface area contributed by atoms with Crippen molar-refractivity contribution in [2.45, 2.75) is 31.7 Å². The van der Waals surface area contributed by atoms with E-state index in [1.807, 2.05) is 0 Å². The number of rotatable bonds is 5. The first-order valence-corrected chi connectivity index (χ1v) is 8.49. The van der Waals surface area contributed by atoms with Crippen LogP contribution >= 0.6 is 27.3 Å². The number of hydrogen-bond donors (Lipinski definition) is 2. The molecule has 9 heteroatoms. The molecule has 1 rings (SSSR count). The first-order valence-electron chi connectivity index (χ1n) is 5.44. The molecule has 6 nitrogen and oxygen atoms in total. The second kappa shape index (κ2) is 6.21. The van der Waals surface area contributed by atoms with Crippen LogP contribution < -0.4 is 5.73 Å². The van der Waals surface area contributed by atoms with Crippen molar-refractivity contribution in [2.24, 2.45) is 10.9 Å². The van der Waals surface area contributed by atoms with Crippen molar-refractivity contribution in [3.63, 3.8) is 0 Å². The Bertz CT molecular complexity index is 581. The Morgan fingerprint density at radius 2 is 2.21 bits per heavy atom. The summed E-state index contributed by atoms with van der Waals surface area (Å²) in [6, 6.07) is 1.26. The molecule has 1 aromatic rings. The zero-order valence-corrected chi connectivity index (χ0v) is 14.0. The van der Waals surface area contributed by atoms with Crippen molar-refractivity contribution in [1.82, 2.24) is 4.31 Å². The van der Waals surface area contributed by atoms with E-state index in [1.54, 1.807) is 26.8 Å². The molecular formula is C10H16BrN3O3S2. The summed E-state index contributed by atoms with van der Waals surface area (Å²) in [5, 5.41) is 11.4. The monoisotopic (exact) mass is 369 g/mol. The van der Waals surface area contributed by atoms with Crippen LogP contribution in [0.1, 0.15) is 18.7 Å². The molecule has 0 saturated heterocycles. The highest BCUT2D eigenvalue weighted by atomic mass is 79.9. The molecule has 0 aliphatic heterocycles. The van der Waals surface area contributed by atoms with Crippen LogP contribution in [-0.4, -0.2) is 36.4 Å². The molecule has 0 bridgehead atoms. The summed E-state index contributed by atoms with van der Waals surface area (Å²) in [5.74, 6) is -0.149. The van der Waals surface area contributed by atoms with Crippen molar-refractivity contribution in [3.8, 4) is 0 Å². The number of nitrogens with two attached hydrogens (primary N) is 1. The molecule has 0 aliphatic carbocycles. The van der Waals surface area contributed by atoms with Gasteiger partial charge in [-0.25, -0.2) is 8.42 Å². The lowest BCUT2D eigenvalue weighted by Crippen LogP contribution is -2.42. The van der Waals surface area contributed by atoms with Gasteiger partial charge >= 0.3 is 0 Å². The van der Waals surface area contributed by atoms with E-state index in [4.69, 9.17) is 10.9 Å². The van der Waals surface area contributed by atoms with Crippen LogP contribution in [0, 0.1) is 6.92 Å². The first-order chi connectivity index (χ1) is 8.70. The number of amidine groups is 1. The lowest BCUT2D eigenvalue weighted by Gasteiger charge is -2.25. The third-order valence-corrected chi connectivity index (χ3v) is 6.28. The van der Waals surface area contributed by atoms with Crippen molar-refractivity contribution in [2.75, 3.05) is 6.54 Å². The molecule has 1 heterocycles. The van der Waals surface area contributed by atoms with Gasteiger partial charge in [0.05, 0.1) is 15.2 Å². The van der Waals surface area contributed by atoms with E-state index in [9.17, 15) is 8.42 Å². The number of oxime groups is 1. The fourth-order valence-electron chi connectivity index (χ4n) is 1.55. The van der Waals surface area contributed by atoms with Crippen molar-refractivity contribution >= 4 is 43.1 Å². The molecule has 0 unspecified atom stereocenters. The Hall–Kier alpha value is -0.640. The van der Waals surface area contributed by atoms with Gasteiger partial charge in [0.1, 0.15) is 0 Å². The summed E-state index contributed by atoms with van der Waals surface area (Å²) >= 11 is 4.62.